The molecule has 0 aliphatic carbocycles. The van der Waals surface area contributed by atoms with E-state index < -0.39 is 0 Å². The summed E-state index contributed by atoms with van der Waals surface area (Å²) in [4.78, 5) is 0. The molecule has 0 aliphatic rings. The predicted octanol–water partition coefficient (Wildman–Crippen LogP) is 4.59. The molecule has 2 aromatic rings. The van der Waals surface area contributed by atoms with Crippen LogP contribution in [-0.2, 0) is 6.61 Å². The molecule has 0 radical (unpaired) electrons. The van der Waals surface area contributed by atoms with Crippen molar-refractivity contribution in [1.82, 2.24) is 0 Å². The molecule has 2 aromatic carbocycles. The number of phenolic OH excluding ortho intramolecular Hbond substituents is 1. The van der Waals surface area contributed by atoms with Crippen LogP contribution in [0.5, 0.6) is 11.5 Å². The first-order valence-corrected chi connectivity index (χ1v) is 6.19. The second-order valence-electron chi connectivity index (χ2n) is 3.94. The summed E-state index contributed by atoms with van der Waals surface area (Å²) in [5.74, 6) is 0.878. The van der Waals surface area contributed by atoms with E-state index in [4.69, 9.17) is 27.9 Å². The third-order valence-corrected chi connectivity index (χ3v) is 3.37. The Morgan fingerprint density at radius 3 is 2.61 bits per heavy atom. The fourth-order valence-corrected chi connectivity index (χ4v) is 1.87. The van der Waals surface area contributed by atoms with Crippen LogP contribution in [0.2, 0.25) is 10.0 Å². The Bertz CT molecular complexity index is 568. The van der Waals surface area contributed by atoms with E-state index in [0.29, 0.717) is 22.4 Å². The van der Waals surface area contributed by atoms with E-state index in [1.54, 1.807) is 31.2 Å². The highest BCUT2D eigenvalue weighted by atomic mass is 35.5. The molecule has 0 atom stereocenters. The van der Waals surface area contributed by atoms with Crippen molar-refractivity contribution < 1.29 is 9.84 Å². The number of hydrogen-bond donors (Lipinski definition) is 1. The minimum Gasteiger partial charge on any atom is -0.508 e. The fraction of sp³-hybridized carbons (Fsp3) is 0.143. The average molecular weight is 283 g/mol. The molecule has 2 nitrogen and oxygen atoms in total. The Kier molecular flexibility index (Phi) is 4.00. The molecule has 0 saturated heterocycles. The van der Waals surface area contributed by atoms with E-state index in [1.807, 2.05) is 12.1 Å². The molecule has 0 spiro atoms. The summed E-state index contributed by atoms with van der Waals surface area (Å²) in [6, 6.07) is 10.5. The smallest absolute Gasteiger partial charge is 0.126 e. The van der Waals surface area contributed by atoms with Crippen LogP contribution in [-0.4, -0.2) is 5.11 Å². The van der Waals surface area contributed by atoms with Crippen molar-refractivity contribution in [3.05, 3.63) is 57.6 Å². The number of hydrogen-bond acceptors (Lipinski definition) is 2. The second kappa shape index (κ2) is 5.51. The van der Waals surface area contributed by atoms with Gasteiger partial charge in [-0.3, -0.25) is 0 Å². The number of halogens is 2. The van der Waals surface area contributed by atoms with Crippen LogP contribution in [0.4, 0.5) is 0 Å². The standard InChI is InChI=1S/C14H12Cl2O2/c1-9-13(17)3-2-4-14(9)18-8-10-5-6-11(15)12(16)7-10/h2-7,17H,8H2,1H3. The summed E-state index contributed by atoms with van der Waals surface area (Å²) in [5.41, 5.74) is 1.64. The van der Waals surface area contributed by atoms with Gasteiger partial charge in [0.1, 0.15) is 18.1 Å². The van der Waals surface area contributed by atoms with E-state index in [9.17, 15) is 5.11 Å². The van der Waals surface area contributed by atoms with Crippen molar-refractivity contribution in [3.63, 3.8) is 0 Å². The lowest BCUT2D eigenvalue weighted by atomic mass is 10.2. The first-order valence-electron chi connectivity index (χ1n) is 5.43. The van der Waals surface area contributed by atoms with Crippen molar-refractivity contribution in [3.8, 4) is 11.5 Å². The van der Waals surface area contributed by atoms with E-state index in [0.717, 1.165) is 11.1 Å². The molecule has 18 heavy (non-hydrogen) atoms. The Balaban J connectivity index is 2.11. The van der Waals surface area contributed by atoms with Gasteiger partial charge in [-0.25, -0.2) is 0 Å². The van der Waals surface area contributed by atoms with Gasteiger partial charge in [0.25, 0.3) is 0 Å². The quantitative estimate of drug-likeness (QED) is 0.893. The van der Waals surface area contributed by atoms with Crippen LogP contribution in [0, 0.1) is 6.92 Å². The van der Waals surface area contributed by atoms with Gasteiger partial charge < -0.3 is 9.84 Å². The molecule has 0 aromatic heterocycles. The molecule has 1 N–H and O–H groups in total. The van der Waals surface area contributed by atoms with Gasteiger partial charge in [-0.2, -0.15) is 0 Å². The topological polar surface area (TPSA) is 29.5 Å². The van der Waals surface area contributed by atoms with Gasteiger partial charge in [-0.15, -0.1) is 0 Å². The van der Waals surface area contributed by atoms with Crippen molar-refractivity contribution in [2.24, 2.45) is 0 Å². The molecule has 0 unspecified atom stereocenters. The first-order chi connectivity index (χ1) is 8.58. The largest absolute Gasteiger partial charge is 0.508 e. The van der Waals surface area contributed by atoms with Crippen LogP contribution in [0.1, 0.15) is 11.1 Å². The third kappa shape index (κ3) is 2.89. The Labute approximate surface area is 116 Å². The normalized spacial score (nSPS) is 10.4. The van der Waals surface area contributed by atoms with Crippen LogP contribution in [0.3, 0.4) is 0 Å². The number of rotatable bonds is 3. The molecule has 0 amide bonds. The molecule has 0 saturated carbocycles. The molecule has 0 heterocycles. The Morgan fingerprint density at radius 2 is 1.89 bits per heavy atom. The average Bonchev–Trinajstić information content (AvgIpc) is 2.35. The van der Waals surface area contributed by atoms with Crippen molar-refractivity contribution in [2.45, 2.75) is 13.5 Å². The lowest BCUT2D eigenvalue weighted by Gasteiger charge is -2.10. The van der Waals surface area contributed by atoms with E-state index >= 15 is 0 Å². The summed E-state index contributed by atoms with van der Waals surface area (Å²) >= 11 is 11.8. The molecule has 2 rings (SSSR count). The van der Waals surface area contributed by atoms with E-state index in [-0.39, 0.29) is 5.75 Å². The van der Waals surface area contributed by atoms with Gasteiger partial charge in [-0.1, -0.05) is 35.3 Å². The van der Waals surface area contributed by atoms with Crippen LogP contribution >= 0.6 is 23.2 Å². The highest BCUT2D eigenvalue weighted by Crippen LogP contribution is 2.27. The maximum atomic E-state index is 9.56. The molecule has 0 fully saturated rings. The van der Waals surface area contributed by atoms with Crippen LogP contribution in [0.25, 0.3) is 0 Å². The summed E-state index contributed by atoms with van der Waals surface area (Å²) in [5, 5.41) is 10.6. The number of phenols is 1. The minimum absolute atomic E-state index is 0.224. The lowest BCUT2D eigenvalue weighted by molar-refractivity contribution is 0.302. The minimum atomic E-state index is 0.224. The zero-order valence-electron chi connectivity index (χ0n) is 9.78. The molecule has 0 bridgehead atoms. The van der Waals surface area contributed by atoms with Crippen molar-refractivity contribution >= 4 is 23.2 Å². The highest BCUT2D eigenvalue weighted by Gasteiger charge is 2.05. The summed E-state index contributed by atoms with van der Waals surface area (Å²) in [7, 11) is 0. The molecular formula is C14H12Cl2O2. The number of aromatic hydroxyl groups is 1. The first kappa shape index (κ1) is 13.1. The molecular weight excluding hydrogens is 271 g/mol. The van der Waals surface area contributed by atoms with Gasteiger partial charge in [0.05, 0.1) is 10.0 Å². The van der Waals surface area contributed by atoms with E-state index in [1.165, 1.54) is 0 Å². The van der Waals surface area contributed by atoms with E-state index in [2.05, 4.69) is 0 Å². The Morgan fingerprint density at radius 1 is 1.11 bits per heavy atom. The van der Waals surface area contributed by atoms with Gasteiger partial charge >= 0.3 is 0 Å². The van der Waals surface area contributed by atoms with Crippen molar-refractivity contribution in [2.75, 3.05) is 0 Å². The predicted molar refractivity (Wildman–Crippen MR) is 73.6 cm³/mol. The second-order valence-corrected chi connectivity index (χ2v) is 4.75. The monoisotopic (exact) mass is 282 g/mol. The molecule has 4 heteroatoms. The van der Waals surface area contributed by atoms with Crippen molar-refractivity contribution in [1.29, 1.82) is 0 Å². The maximum absolute atomic E-state index is 9.56. The zero-order chi connectivity index (χ0) is 13.1. The summed E-state index contributed by atoms with van der Waals surface area (Å²) in [6.45, 7) is 2.18. The van der Waals surface area contributed by atoms with Crippen LogP contribution < -0.4 is 4.74 Å². The van der Waals surface area contributed by atoms with Gasteiger partial charge in [0.15, 0.2) is 0 Å². The highest BCUT2D eigenvalue weighted by molar-refractivity contribution is 6.42. The van der Waals surface area contributed by atoms with Crippen LogP contribution in [0.15, 0.2) is 36.4 Å². The third-order valence-electron chi connectivity index (χ3n) is 2.63. The lowest BCUT2D eigenvalue weighted by Crippen LogP contribution is -1.97. The maximum Gasteiger partial charge on any atom is 0.126 e. The van der Waals surface area contributed by atoms with Gasteiger partial charge in [-0.05, 0) is 36.8 Å². The molecule has 0 aliphatic heterocycles. The Hall–Kier alpha value is -1.38. The summed E-state index contributed by atoms with van der Waals surface area (Å²) in [6.07, 6.45) is 0. The number of benzene rings is 2. The molecule has 94 valence electrons. The SMILES string of the molecule is Cc1c(O)cccc1OCc1ccc(Cl)c(Cl)c1. The zero-order valence-corrected chi connectivity index (χ0v) is 11.3. The van der Waals surface area contributed by atoms with Gasteiger partial charge in [0, 0.05) is 5.56 Å². The summed E-state index contributed by atoms with van der Waals surface area (Å²) < 4.78 is 5.64. The van der Waals surface area contributed by atoms with Gasteiger partial charge in [0.2, 0.25) is 0 Å². The number of ether oxygens (including phenoxy) is 1. The fourth-order valence-electron chi connectivity index (χ4n) is 1.55.